The number of nitrogens with one attached hydrogen (secondary N) is 1. The second-order valence-corrected chi connectivity index (χ2v) is 5.35. The molecular formula is C16H16FN5. The second kappa shape index (κ2) is 5.38. The van der Waals surface area contributed by atoms with Gasteiger partial charge in [0.15, 0.2) is 5.82 Å². The van der Waals surface area contributed by atoms with Crippen LogP contribution in [0.5, 0.6) is 0 Å². The number of halogens is 1. The zero-order valence-electron chi connectivity index (χ0n) is 12.0. The third-order valence-electron chi connectivity index (χ3n) is 3.93. The Labute approximate surface area is 127 Å². The molecule has 2 aromatic heterocycles. The molecule has 22 heavy (non-hydrogen) atoms. The van der Waals surface area contributed by atoms with Crippen molar-refractivity contribution < 1.29 is 4.39 Å². The Balaban J connectivity index is 1.78. The van der Waals surface area contributed by atoms with Crippen molar-refractivity contribution in [2.45, 2.75) is 0 Å². The van der Waals surface area contributed by atoms with E-state index in [1.54, 1.807) is 18.3 Å². The maximum atomic E-state index is 13.1. The van der Waals surface area contributed by atoms with Crippen LogP contribution in [-0.4, -0.2) is 40.8 Å². The monoisotopic (exact) mass is 297 g/mol. The molecule has 1 fully saturated rings. The molecule has 0 aliphatic carbocycles. The summed E-state index contributed by atoms with van der Waals surface area (Å²) >= 11 is 0. The number of piperazine rings is 1. The molecule has 0 radical (unpaired) electrons. The number of aromatic nitrogens is 3. The largest absolute Gasteiger partial charge is 0.352 e. The van der Waals surface area contributed by atoms with Crippen molar-refractivity contribution in [3.8, 4) is 11.3 Å². The summed E-state index contributed by atoms with van der Waals surface area (Å²) in [5.41, 5.74) is 2.70. The zero-order valence-corrected chi connectivity index (χ0v) is 12.0. The van der Waals surface area contributed by atoms with Crippen molar-refractivity contribution in [3.63, 3.8) is 0 Å². The molecule has 6 heteroatoms. The van der Waals surface area contributed by atoms with Crippen molar-refractivity contribution in [2.75, 3.05) is 31.1 Å². The normalized spacial score (nSPS) is 15.4. The van der Waals surface area contributed by atoms with Crippen molar-refractivity contribution in [1.29, 1.82) is 0 Å². The quantitative estimate of drug-likeness (QED) is 0.785. The van der Waals surface area contributed by atoms with Gasteiger partial charge >= 0.3 is 0 Å². The van der Waals surface area contributed by atoms with Crippen LogP contribution >= 0.6 is 0 Å². The third-order valence-corrected chi connectivity index (χ3v) is 3.93. The Kier molecular flexibility index (Phi) is 3.23. The van der Waals surface area contributed by atoms with Crippen molar-refractivity contribution in [2.24, 2.45) is 0 Å². The first-order valence-corrected chi connectivity index (χ1v) is 7.37. The number of nitrogens with zero attached hydrogens (tertiary/aromatic N) is 4. The summed E-state index contributed by atoms with van der Waals surface area (Å²) in [6.07, 6.45) is 3.61. The molecule has 112 valence electrons. The van der Waals surface area contributed by atoms with Gasteiger partial charge in [0.05, 0.1) is 5.69 Å². The fourth-order valence-electron chi connectivity index (χ4n) is 2.79. The van der Waals surface area contributed by atoms with E-state index in [1.807, 2.05) is 16.8 Å². The van der Waals surface area contributed by atoms with E-state index in [2.05, 4.69) is 20.3 Å². The molecule has 5 nitrogen and oxygen atoms in total. The summed E-state index contributed by atoms with van der Waals surface area (Å²) in [5.74, 6) is 0.709. The summed E-state index contributed by atoms with van der Waals surface area (Å²) < 4.78 is 14.9. The van der Waals surface area contributed by atoms with Gasteiger partial charge in [-0.3, -0.25) is 0 Å². The van der Waals surface area contributed by atoms with E-state index in [0.29, 0.717) is 0 Å². The van der Waals surface area contributed by atoms with Gasteiger partial charge < -0.3 is 10.2 Å². The average Bonchev–Trinajstić information content (AvgIpc) is 3.00. The third kappa shape index (κ3) is 2.31. The summed E-state index contributed by atoms with van der Waals surface area (Å²) in [4.78, 5) is 6.79. The van der Waals surface area contributed by atoms with Crippen LogP contribution in [0.1, 0.15) is 0 Å². The molecule has 1 aliphatic rings. The van der Waals surface area contributed by atoms with E-state index in [4.69, 9.17) is 0 Å². The maximum Gasteiger partial charge on any atom is 0.154 e. The lowest BCUT2D eigenvalue weighted by atomic mass is 10.1. The highest BCUT2D eigenvalue weighted by atomic mass is 19.1. The number of hydrogen-bond donors (Lipinski definition) is 1. The lowest BCUT2D eigenvalue weighted by Gasteiger charge is -2.28. The van der Waals surface area contributed by atoms with Crippen molar-refractivity contribution in [1.82, 2.24) is 19.9 Å². The number of fused-ring (bicyclic) bond motifs is 1. The second-order valence-electron chi connectivity index (χ2n) is 5.35. The highest BCUT2D eigenvalue weighted by Gasteiger charge is 2.16. The van der Waals surface area contributed by atoms with Gasteiger partial charge in [-0.2, -0.15) is 5.10 Å². The molecule has 1 aliphatic heterocycles. The first-order chi connectivity index (χ1) is 10.8. The van der Waals surface area contributed by atoms with Crippen LogP contribution in [0.25, 0.3) is 16.8 Å². The Morgan fingerprint density at radius 3 is 2.64 bits per heavy atom. The lowest BCUT2D eigenvalue weighted by molar-refractivity contribution is 0.585. The predicted molar refractivity (Wildman–Crippen MR) is 83.5 cm³/mol. The van der Waals surface area contributed by atoms with E-state index < -0.39 is 0 Å². The molecule has 0 saturated carbocycles. The van der Waals surface area contributed by atoms with Crippen molar-refractivity contribution in [3.05, 3.63) is 48.5 Å². The Hall–Kier alpha value is -2.47. The van der Waals surface area contributed by atoms with E-state index in [9.17, 15) is 4.39 Å². The first kappa shape index (κ1) is 13.2. The van der Waals surface area contributed by atoms with E-state index >= 15 is 0 Å². The van der Waals surface area contributed by atoms with Crippen LogP contribution in [0.4, 0.5) is 10.2 Å². The fraction of sp³-hybridized carbons (Fsp3) is 0.250. The number of benzene rings is 1. The Bertz CT molecular complexity index is 790. The Morgan fingerprint density at radius 2 is 1.86 bits per heavy atom. The zero-order chi connectivity index (χ0) is 14.9. The van der Waals surface area contributed by atoms with Crippen LogP contribution in [0.2, 0.25) is 0 Å². The molecule has 3 heterocycles. The molecule has 0 amide bonds. The molecule has 0 spiro atoms. The summed E-state index contributed by atoms with van der Waals surface area (Å²) in [6, 6.07) is 8.41. The minimum Gasteiger partial charge on any atom is -0.352 e. The van der Waals surface area contributed by atoms with Crippen molar-refractivity contribution >= 4 is 11.3 Å². The maximum absolute atomic E-state index is 13.1. The van der Waals surface area contributed by atoms with Crippen LogP contribution in [-0.2, 0) is 0 Å². The number of anilines is 1. The fourth-order valence-corrected chi connectivity index (χ4v) is 2.79. The van der Waals surface area contributed by atoms with Gasteiger partial charge in [-0.05, 0) is 30.3 Å². The topological polar surface area (TPSA) is 45.5 Å². The molecule has 3 aromatic rings. The van der Waals surface area contributed by atoms with Crippen LogP contribution in [0.3, 0.4) is 0 Å². The van der Waals surface area contributed by atoms with Gasteiger partial charge in [0.25, 0.3) is 0 Å². The van der Waals surface area contributed by atoms with Gasteiger partial charge in [0.2, 0.25) is 0 Å². The number of hydrogen-bond acceptors (Lipinski definition) is 4. The molecule has 0 atom stereocenters. The average molecular weight is 297 g/mol. The van der Waals surface area contributed by atoms with Gasteiger partial charge in [0.1, 0.15) is 11.3 Å². The molecule has 0 bridgehead atoms. The van der Waals surface area contributed by atoms with E-state index in [1.165, 1.54) is 12.1 Å². The molecule has 1 saturated heterocycles. The molecule has 4 rings (SSSR count). The highest BCUT2D eigenvalue weighted by molar-refractivity contribution is 5.75. The molecule has 0 unspecified atom stereocenters. The minimum absolute atomic E-state index is 0.240. The smallest absolute Gasteiger partial charge is 0.154 e. The minimum atomic E-state index is -0.240. The lowest BCUT2D eigenvalue weighted by Crippen LogP contribution is -2.44. The van der Waals surface area contributed by atoms with Gasteiger partial charge in [-0.1, -0.05) is 0 Å². The van der Waals surface area contributed by atoms with Gasteiger partial charge in [0, 0.05) is 44.1 Å². The standard InChI is InChI=1S/C16H16FN5/c17-13-3-1-12(2-4-13)14-11-15-16(19-7-10-22(15)20-14)21-8-5-18-6-9-21/h1-4,7,10-11,18H,5-6,8-9H2. The summed E-state index contributed by atoms with van der Waals surface area (Å²) in [7, 11) is 0. The van der Waals surface area contributed by atoms with E-state index in [0.717, 1.165) is 48.8 Å². The van der Waals surface area contributed by atoms with Gasteiger partial charge in [-0.15, -0.1) is 0 Å². The van der Waals surface area contributed by atoms with Gasteiger partial charge in [-0.25, -0.2) is 13.9 Å². The molecule has 1 N–H and O–H groups in total. The molecular weight excluding hydrogens is 281 g/mol. The van der Waals surface area contributed by atoms with Crippen LogP contribution in [0.15, 0.2) is 42.7 Å². The highest BCUT2D eigenvalue weighted by Crippen LogP contribution is 2.25. The van der Waals surface area contributed by atoms with Crippen LogP contribution < -0.4 is 10.2 Å². The SMILES string of the molecule is Fc1ccc(-c2cc3c(N4CCNCC4)nccn3n2)cc1. The summed E-state index contributed by atoms with van der Waals surface area (Å²) in [6.45, 7) is 3.79. The molecule has 1 aromatic carbocycles. The predicted octanol–water partition coefficient (Wildman–Crippen LogP) is 1.94. The van der Waals surface area contributed by atoms with E-state index in [-0.39, 0.29) is 5.82 Å². The first-order valence-electron chi connectivity index (χ1n) is 7.37. The Morgan fingerprint density at radius 1 is 1.09 bits per heavy atom. The summed E-state index contributed by atoms with van der Waals surface area (Å²) in [5, 5.41) is 7.92. The van der Waals surface area contributed by atoms with Crippen LogP contribution in [0, 0.1) is 5.82 Å². The number of rotatable bonds is 2.